The molecular weight excluding hydrogens is 386 g/mol. The predicted octanol–water partition coefficient (Wildman–Crippen LogP) is 2.94. The standard InChI is InChI=1S/C20H17N7OS/c1-2-25-18(28)15-10-6-7-11-16(15)27-17(22-23-20(25)27)12-29-19-21-13-26(24-19)14-8-4-3-5-9-14/h3-11,13H,2,12H2,1H3. The van der Waals surface area contributed by atoms with Gasteiger partial charge < -0.3 is 0 Å². The van der Waals surface area contributed by atoms with Crippen molar-refractivity contribution in [1.29, 1.82) is 0 Å². The number of thioether (sulfide) groups is 1. The Morgan fingerprint density at radius 1 is 1.00 bits per heavy atom. The van der Waals surface area contributed by atoms with Crippen LogP contribution in [0.3, 0.4) is 0 Å². The number of hydrogen-bond donors (Lipinski definition) is 0. The van der Waals surface area contributed by atoms with Crippen LogP contribution in [0.15, 0.2) is 70.9 Å². The number of hydrogen-bond acceptors (Lipinski definition) is 6. The van der Waals surface area contributed by atoms with Crippen molar-refractivity contribution in [2.45, 2.75) is 24.4 Å². The average molecular weight is 403 g/mol. The third kappa shape index (κ3) is 2.99. The van der Waals surface area contributed by atoms with E-state index in [-0.39, 0.29) is 5.56 Å². The van der Waals surface area contributed by atoms with Crippen LogP contribution in [0.5, 0.6) is 0 Å². The Labute approximate surface area is 169 Å². The van der Waals surface area contributed by atoms with Gasteiger partial charge in [0, 0.05) is 6.54 Å². The zero-order valence-corrected chi connectivity index (χ0v) is 16.5. The highest BCUT2D eigenvalue weighted by Gasteiger charge is 2.16. The Balaban J connectivity index is 1.51. The van der Waals surface area contributed by atoms with E-state index in [4.69, 9.17) is 0 Å². The molecule has 3 aromatic heterocycles. The lowest BCUT2D eigenvalue weighted by Crippen LogP contribution is -2.22. The minimum Gasteiger partial charge on any atom is -0.277 e. The monoisotopic (exact) mass is 403 g/mol. The number of rotatable bonds is 5. The van der Waals surface area contributed by atoms with Crippen molar-refractivity contribution in [3.05, 3.63) is 77.1 Å². The fourth-order valence-electron chi connectivity index (χ4n) is 3.34. The molecular formula is C20H17N7OS. The van der Waals surface area contributed by atoms with Gasteiger partial charge in [0.25, 0.3) is 5.56 Å². The second-order valence-corrected chi connectivity index (χ2v) is 7.36. The Hall–Kier alpha value is -3.46. The quantitative estimate of drug-likeness (QED) is 0.420. The molecule has 0 spiro atoms. The van der Waals surface area contributed by atoms with E-state index in [1.54, 1.807) is 15.6 Å². The largest absolute Gasteiger partial charge is 0.277 e. The summed E-state index contributed by atoms with van der Waals surface area (Å²) in [5.41, 5.74) is 1.71. The second kappa shape index (κ2) is 7.17. The molecule has 0 atom stereocenters. The van der Waals surface area contributed by atoms with Crippen molar-refractivity contribution in [2.75, 3.05) is 0 Å². The Bertz CT molecular complexity index is 1370. The van der Waals surface area contributed by atoms with Crippen molar-refractivity contribution >= 4 is 28.4 Å². The van der Waals surface area contributed by atoms with E-state index >= 15 is 0 Å². The van der Waals surface area contributed by atoms with Gasteiger partial charge in [-0.25, -0.2) is 9.67 Å². The molecule has 8 nitrogen and oxygen atoms in total. The SMILES string of the molecule is CCn1c(=O)c2ccccc2n2c(CSc3ncn(-c4ccccc4)n3)nnc12. The van der Waals surface area contributed by atoms with E-state index in [9.17, 15) is 4.79 Å². The summed E-state index contributed by atoms with van der Waals surface area (Å²) in [6, 6.07) is 17.4. The molecule has 0 amide bonds. The van der Waals surface area contributed by atoms with Crippen LogP contribution < -0.4 is 5.56 Å². The molecule has 29 heavy (non-hydrogen) atoms. The van der Waals surface area contributed by atoms with Gasteiger partial charge in [0.1, 0.15) is 12.2 Å². The molecule has 0 fully saturated rings. The van der Waals surface area contributed by atoms with Gasteiger partial charge in [-0.05, 0) is 31.2 Å². The molecule has 0 saturated carbocycles. The van der Waals surface area contributed by atoms with Crippen molar-refractivity contribution in [1.82, 2.24) is 33.9 Å². The van der Waals surface area contributed by atoms with Gasteiger partial charge in [-0.1, -0.05) is 42.1 Å². The molecule has 3 heterocycles. The number of fused-ring (bicyclic) bond motifs is 3. The first kappa shape index (κ1) is 17.6. The number of aryl methyl sites for hydroxylation is 1. The Morgan fingerprint density at radius 2 is 1.79 bits per heavy atom. The molecule has 0 N–H and O–H groups in total. The van der Waals surface area contributed by atoms with Crippen LogP contribution in [0, 0.1) is 0 Å². The third-order valence-electron chi connectivity index (χ3n) is 4.71. The first-order valence-electron chi connectivity index (χ1n) is 9.21. The predicted molar refractivity (Wildman–Crippen MR) is 111 cm³/mol. The summed E-state index contributed by atoms with van der Waals surface area (Å²) in [5, 5.41) is 14.5. The summed E-state index contributed by atoms with van der Waals surface area (Å²) < 4.78 is 5.34. The molecule has 0 bridgehead atoms. The first-order valence-corrected chi connectivity index (χ1v) is 10.2. The van der Waals surface area contributed by atoms with E-state index in [0.717, 1.165) is 17.0 Å². The molecule has 0 aliphatic carbocycles. The summed E-state index contributed by atoms with van der Waals surface area (Å²) in [6.07, 6.45) is 1.70. The molecule has 0 unspecified atom stereocenters. The number of aromatic nitrogens is 7. The zero-order valence-electron chi connectivity index (χ0n) is 15.6. The van der Waals surface area contributed by atoms with E-state index in [0.29, 0.717) is 28.6 Å². The van der Waals surface area contributed by atoms with Crippen molar-refractivity contribution in [3.8, 4) is 5.69 Å². The molecule has 9 heteroatoms. The van der Waals surface area contributed by atoms with Gasteiger partial charge in [0.15, 0.2) is 0 Å². The molecule has 2 aromatic carbocycles. The summed E-state index contributed by atoms with van der Waals surface area (Å²) in [5.74, 6) is 1.83. The summed E-state index contributed by atoms with van der Waals surface area (Å²) in [4.78, 5) is 17.1. The number of benzene rings is 2. The summed E-state index contributed by atoms with van der Waals surface area (Å²) in [6.45, 7) is 2.46. The Morgan fingerprint density at radius 3 is 2.62 bits per heavy atom. The van der Waals surface area contributed by atoms with Gasteiger partial charge in [0.2, 0.25) is 10.9 Å². The fourth-order valence-corrected chi connectivity index (χ4v) is 4.05. The smallest absolute Gasteiger partial charge is 0.262 e. The van der Waals surface area contributed by atoms with Gasteiger partial charge in [-0.2, -0.15) is 0 Å². The van der Waals surface area contributed by atoms with E-state index in [1.165, 1.54) is 11.8 Å². The van der Waals surface area contributed by atoms with Crippen LogP contribution in [0.4, 0.5) is 0 Å². The molecule has 5 aromatic rings. The van der Waals surface area contributed by atoms with Gasteiger partial charge in [0.05, 0.1) is 22.3 Å². The van der Waals surface area contributed by atoms with Crippen molar-refractivity contribution < 1.29 is 0 Å². The molecule has 5 rings (SSSR count). The lowest BCUT2D eigenvalue weighted by molar-refractivity contribution is 0.735. The van der Waals surface area contributed by atoms with Crippen LogP contribution in [0.1, 0.15) is 12.7 Å². The van der Waals surface area contributed by atoms with E-state index in [2.05, 4.69) is 20.3 Å². The lowest BCUT2D eigenvalue weighted by Gasteiger charge is -2.09. The second-order valence-electron chi connectivity index (χ2n) is 6.41. The number of para-hydroxylation sites is 2. The van der Waals surface area contributed by atoms with Gasteiger partial charge in [-0.15, -0.1) is 15.3 Å². The minimum absolute atomic E-state index is 0.0505. The van der Waals surface area contributed by atoms with E-state index in [1.807, 2.05) is 65.9 Å². The van der Waals surface area contributed by atoms with Crippen LogP contribution >= 0.6 is 11.8 Å². The maximum atomic E-state index is 12.8. The topological polar surface area (TPSA) is 82.9 Å². The van der Waals surface area contributed by atoms with Crippen molar-refractivity contribution in [3.63, 3.8) is 0 Å². The highest BCUT2D eigenvalue weighted by atomic mass is 32.2. The maximum absolute atomic E-state index is 12.8. The molecule has 0 aliphatic heterocycles. The summed E-state index contributed by atoms with van der Waals surface area (Å²) in [7, 11) is 0. The molecule has 0 radical (unpaired) electrons. The maximum Gasteiger partial charge on any atom is 0.262 e. The van der Waals surface area contributed by atoms with Crippen LogP contribution in [0.25, 0.3) is 22.4 Å². The number of nitrogens with zero attached hydrogens (tertiary/aromatic N) is 7. The fraction of sp³-hybridized carbons (Fsp3) is 0.150. The first-order chi connectivity index (χ1) is 14.3. The molecule has 0 aliphatic rings. The lowest BCUT2D eigenvalue weighted by atomic mass is 10.2. The van der Waals surface area contributed by atoms with Crippen LogP contribution in [-0.2, 0) is 12.3 Å². The normalized spacial score (nSPS) is 11.5. The third-order valence-corrected chi connectivity index (χ3v) is 5.56. The highest BCUT2D eigenvalue weighted by Crippen LogP contribution is 2.21. The molecule has 144 valence electrons. The van der Waals surface area contributed by atoms with Gasteiger partial charge in [-0.3, -0.25) is 13.8 Å². The van der Waals surface area contributed by atoms with Crippen molar-refractivity contribution in [2.24, 2.45) is 0 Å². The molecule has 0 saturated heterocycles. The highest BCUT2D eigenvalue weighted by molar-refractivity contribution is 7.98. The average Bonchev–Trinajstić information content (AvgIpc) is 3.41. The minimum atomic E-state index is -0.0505. The zero-order chi connectivity index (χ0) is 19.8. The summed E-state index contributed by atoms with van der Waals surface area (Å²) >= 11 is 1.48. The van der Waals surface area contributed by atoms with Crippen LogP contribution in [-0.4, -0.2) is 33.9 Å². The Kier molecular flexibility index (Phi) is 4.36. The van der Waals surface area contributed by atoms with Gasteiger partial charge >= 0.3 is 0 Å². The van der Waals surface area contributed by atoms with Crippen LogP contribution in [0.2, 0.25) is 0 Å². The van der Waals surface area contributed by atoms with E-state index < -0.39 is 0 Å².